The average molecular weight is 575 g/mol. The first-order valence-corrected chi connectivity index (χ1v) is 14.8. The van der Waals surface area contributed by atoms with E-state index in [-0.39, 0.29) is 36.7 Å². The van der Waals surface area contributed by atoms with E-state index < -0.39 is 23.4 Å². The van der Waals surface area contributed by atoms with Crippen LogP contribution in [0.1, 0.15) is 76.7 Å². The number of aryl methyl sites for hydroxylation is 1. The van der Waals surface area contributed by atoms with Crippen molar-refractivity contribution >= 4 is 11.9 Å². The lowest BCUT2D eigenvalue weighted by Crippen LogP contribution is -2.25. The Morgan fingerprint density at radius 3 is 2.66 bits per heavy atom. The Balaban J connectivity index is 1.93. The zero-order valence-corrected chi connectivity index (χ0v) is 24.1. The van der Waals surface area contributed by atoms with Gasteiger partial charge in [-0.05, 0) is 57.4 Å². The standard InChI is InChI=1S/C31H46N2O8/c1-2-32-30(36)16-10-4-3-9-15-27-26(21-20-25(34)19-18-24-13-7-5-8-14-24)28(35)23-29(27)41-31(37)17-11-6-12-22-40-33(38)39/h3,5,7-9,13-14,20-21,25-29,34-35H,2,4,6,10-12,15-19,22-23H2,1H3,(H,32,36)/t25-,26?,27?,28?,29?/m0/s1. The minimum Gasteiger partial charge on any atom is -0.462 e. The SMILES string of the molecule is CCNC(=O)CCCC=CCC1C(OC(=O)CCCCCO[N+](=O)[O-])CC(O)C1C=C[C@@H](O)CCc1ccccc1. The molecule has 0 aromatic heterocycles. The van der Waals surface area contributed by atoms with E-state index in [1.165, 1.54) is 0 Å². The van der Waals surface area contributed by atoms with E-state index in [0.717, 1.165) is 24.8 Å². The molecule has 1 saturated carbocycles. The highest BCUT2D eigenvalue weighted by atomic mass is 16.9. The van der Waals surface area contributed by atoms with Crippen LogP contribution in [0.15, 0.2) is 54.6 Å². The van der Waals surface area contributed by atoms with Gasteiger partial charge in [0.25, 0.3) is 5.09 Å². The van der Waals surface area contributed by atoms with Gasteiger partial charge in [0.1, 0.15) is 6.10 Å². The molecule has 10 nitrogen and oxygen atoms in total. The number of carbonyl (C=O) groups is 2. The highest BCUT2D eigenvalue weighted by Crippen LogP contribution is 2.38. The van der Waals surface area contributed by atoms with Gasteiger partial charge in [0.2, 0.25) is 5.91 Å². The number of hydrogen-bond acceptors (Lipinski definition) is 8. The van der Waals surface area contributed by atoms with E-state index in [2.05, 4.69) is 10.2 Å². The number of esters is 1. The van der Waals surface area contributed by atoms with Crippen LogP contribution in [0.5, 0.6) is 0 Å². The van der Waals surface area contributed by atoms with Crippen molar-refractivity contribution in [3.8, 4) is 0 Å². The maximum atomic E-state index is 12.6. The van der Waals surface area contributed by atoms with E-state index in [0.29, 0.717) is 51.5 Å². The topological polar surface area (TPSA) is 148 Å². The normalized spacial score (nSPS) is 21.2. The number of benzene rings is 1. The zero-order valence-electron chi connectivity index (χ0n) is 24.1. The Bertz CT molecular complexity index is 968. The molecule has 2 rings (SSSR count). The smallest absolute Gasteiger partial charge is 0.306 e. The van der Waals surface area contributed by atoms with Crippen LogP contribution in [0.4, 0.5) is 0 Å². The van der Waals surface area contributed by atoms with Crippen molar-refractivity contribution in [2.24, 2.45) is 11.8 Å². The van der Waals surface area contributed by atoms with Crippen molar-refractivity contribution in [1.82, 2.24) is 5.32 Å². The maximum absolute atomic E-state index is 12.6. The lowest BCUT2D eigenvalue weighted by atomic mass is 9.89. The Hall–Kier alpha value is -3.24. The van der Waals surface area contributed by atoms with Gasteiger partial charge >= 0.3 is 5.97 Å². The summed E-state index contributed by atoms with van der Waals surface area (Å²) in [5, 5.41) is 33.6. The summed E-state index contributed by atoms with van der Waals surface area (Å²) in [6.07, 6.45) is 11.7. The Labute approximate surface area is 242 Å². The molecule has 5 atom stereocenters. The summed E-state index contributed by atoms with van der Waals surface area (Å²) in [4.78, 5) is 38.7. The molecule has 3 N–H and O–H groups in total. The van der Waals surface area contributed by atoms with Gasteiger partial charge < -0.3 is 25.1 Å². The number of amides is 1. The number of nitrogens with zero attached hydrogens (tertiary/aromatic N) is 1. The van der Waals surface area contributed by atoms with Gasteiger partial charge in [-0.3, -0.25) is 9.59 Å². The van der Waals surface area contributed by atoms with Crippen LogP contribution < -0.4 is 5.32 Å². The predicted molar refractivity (Wildman–Crippen MR) is 155 cm³/mol. The fourth-order valence-electron chi connectivity index (χ4n) is 5.08. The number of aliphatic hydroxyl groups excluding tert-OH is 2. The largest absolute Gasteiger partial charge is 0.462 e. The number of hydrogen-bond donors (Lipinski definition) is 3. The van der Waals surface area contributed by atoms with E-state index in [1.807, 2.05) is 55.5 Å². The maximum Gasteiger partial charge on any atom is 0.306 e. The molecule has 0 spiro atoms. The second-order valence-corrected chi connectivity index (χ2v) is 10.5. The first-order valence-electron chi connectivity index (χ1n) is 14.8. The lowest BCUT2D eigenvalue weighted by Gasteiger charge is -2.23. The van der Waals surface area contributed by atoms with Crippen LogP contribution in [0.3, 0.4) is 0 Å². The number of carbonyl (C=O) groups excluding carboxylic acids is 2. The summed E-state index contributed by atoms with van der Waals surface area (Å²) in [6.45, 7) is 2.50. The van der Waals surface area contributed by atoms with Gasteiger partial charge in [-0.1, -0.05) is 61.1 Å². The zero-order chi connectivity index (χ0) is 29.9. The van der Waals surface area contributed by atoms with Crippen LogP contribution >= 0.6 is 0 Å². The summed E-state index contributed by atoms with van der Waals surface area (Å²) >= 11 is 0. The summed E-state index contributed by atoms with van der Waals surface area (Å²) in [7, 11) is 0. The first kappa shape index (κ1) is 34.0. The van der Waals surface area contributed by atoms with Crippen molar-refractivity contribution in [2.45, 2.75) is 95.9 Å². The molecule has 1 fully saturated rings. The number of unbranched alkanes of at least 4 members (excludes halogenated alkanes) is 3. The molecule has 1 aromatic rings. The number of rotatable bonds is 20. The van der Waals surface area contributed by atoms with Crippen LogP contribution in [-0.4, -0.2) is 58.6 Å². The van der Waals surface area contributed by atoms with Crippen molar-refractivity contribution in [1.29, 1.82) is 0 Å². The highest BCUT2D eigenvalue weighted by Gasteiger charge is 2.42. The molecule has 0 bridgehead atoms. The van der Waals surface area contributed by atoms with Crippen LogP contribution in [0.25, 0.3) is 0 Å². The highest BCUT2D eigenvalue weighted by molar-refractivity contribution is 5.75. The molecule has 0 aliphatic heterocycles. The van der Waals surface area contributed by atoms with Gasteiger partial charge in [-0.15, -0.1) is 10.1 Å². The summed E-state index contributed by atoms with van der Waals surface area (Å²) in [5.41, 5.74) is 1.15. The second kappa shape index (κ2) is 19.8. The Kier molecular flexibility index (Phi) is 16.4. The first-order chi connectivity index (χ1) is 19.8. The lowest BCUT2D eigenvalue weighted by molar-refractivity contribution is -0.757. The fraction of sp³-hybridized carbons (Fsp3) is 0.613. The van der Waals surface area contributed by atoms with Crippen molar-refractivity contribution in [3.05, 3.63) is 70.3 Å². The minimum absolute atomic E-state index is 0.000233. The molecule has 0 saturated heterocycles. The van der Waals surface area contributed by atoms with Crippen molar-refractivity contribution in [2.75, 3.05) is 13.2 Å². The fourth-order valence-corrected chi connectivity index (χ4v) is 5.08. The molecule has 228 valence electrons. The van der Waals surface area contributed by atoms with Gasteiger partial charge in [-0.25, -0.2) is 0 Å². The van der Waals surface area contributed by atoms with E-state index >= 15 is 0 Å². The van der Waals surface area contributed by atoms with Crippen molar-refractivity contribution < 1.29 is 34.5 Å². The quantitative estimate of drug-likeness (QED) is 0.0679. The molecule has 1 aromatic carbocycles. The molecule has 1 aliphatic rings. The second-order valence-electron chi connectivity index (χ2n) is 10.5. The molecule has 0 heterocycles. The molecule has 41 heavy (non-hydrogen) atoms. The van der Waals surface area contributed by atoms with Gasteiger partial charge in [0.05, 0.1) is 18.8 Å². The number of allylic oxidation sites excluding steroid dienone is 2. The van der Waals surface area contributed by atoms with Gasteiger partial charge in [-0.2, -0.15) is 0 Å². The molecule has 4 unspecified atom stereocenters. The van der Waals surface area contributed by atoms with Crippen molar-refractivity contribution in [3.63, 3.8) is 0 Å². The molecule has 1 aliphatic carbocycles. The molecule has 0 radical (unpaired) electrons. The van der Waals surface area contributed by atoms with E-state index in [9.17, 15) is 29.9 Å². The summed E-state index contributed by atoms with van der Waals surface area (Å²) in [5.74, 6) is -0.757. The summed E-state index contributed by atoms with van der Waals surface area (Å²) in [6, 6.07) is 9.94. The van der Waals surface area contributed by atoms with Gasteiger partial charge in [0.15, 0.2) is 0 Å². The number of ether oxygens (including phenoxy) is 1. The third-order valence-electron chi connectivity index (χ3n) is 7.25. The Morgan fingerprint density at radius 2 is 1.93 bits per heavy atom. The predicted octanol–water partition coefficient (Wildman–Crippen LogP) is 4.47. The summed E-state index contributed by atoms with van der Waals surface area (Å²) < 4.78 is 5.80. The Morgan fingerprint density at radius 1 is 1.15 bits per heavy atom. The molecule has 1 amide bonds. The van der Waals surface area contributed by atoms with E-state index in [4.69, 9.17) is 4.74 Å². The van der Waals surface area contributed by atoms with Gasteiger partial charge in [0, 0.05) is 37.6 Å². The third kappa shape index (κ3) is 14.3. The monoisotopic (exact) mass is 574 g/mol. The van der Waals surface area contributed by atoms with Crippen LogP contribution in [0.2, 0.25) is 0 Å². The average Bonchev–Trinajstić information content (AvgIpc) is 3.23. The molecule has 10 heteroatoms. The van der Waals surface area contributed by atoms with Crippen LogP contribution in [0, 0.1) is 22.0 Å². The minimum atomic E-state index is -0.829. The van der Waals surface area contributed by atoms with Crippen LogP contribution in [-0.2, 0) is 25.6 Å². The third-order valence-corrected chi connectivity index (χ3v) is 7.25. The number of nitrogens with one attached hydrogen (secondary N) is 1. The number of aliphatic hydroxyl groups is 2. The molecular weight excluding hydrogens is 528 g/mol. The van der Waals surface area contributed by atoms with E-state index in [1.54, 1.807) is 6.08 Å². The molecular formula is C31H46N2O8.